The molecule has 0 spiro atoms. The molecule has 6 heteroatoms. The van der Waals surface area contributed by atoms with Crippen molar-refractivity contribution in [3.63, 3.8) is 0 Å². The number of likely N-dealkylation sites (N-methyl/N-ethyl adjacent to an activating group) is 1. The van der Waals surface area contributed by atoms with Gasteiger partial charge in [0.15, 0.2) is 0 Å². The predicted molar refractivity (Wildman–Crippen MR) is 86.2 cm³/mol. The average Bonchev–Trinajstić information content (AvgIpc) is 2.53. The molecule has 1 aromatic rings. The number of amides is 2. The number of benzene rings is 1. The van der Waals surface area contributed by atoms with E-state index in [4.69, 9.17) is 0 Å². The molecule has 126 valence electrons. The number of rotatable bonds is 4. The third-order valence-electron chi connectivity index (χ3n) is 4.35. The summed E-state index contributed by atoms with van der Waals surface area (Å²) >= 11 is 0. The van der Waals surface area contributed by atoms with Crippen LogP contribution in [0.1, 0.15) is 19.4 Å². The minimum absolute atomic E-state index is 0.00513. The summed E-state index contributed by atoms with van der Waals surface area (Å²) in [5, 5.41) is 0. The summed E-state index contributed by atoms with van der Waals surface area (Å²) in [7, 11) is 1.73. The Morgan fingerprint density at radius 1 is 1.26 bits per heavy atom. The van der Waals surface area contributed by atoms with Gasteiger partial charge in [0.2, 0.25) is 11.8 Å². The highest BCUT2D eigenvalue weighted by Crippen LogP contribution is 2.11. The lowest BCUT2D eigenvalue weighted by atomic mass is 10.1. The molecule has 1 aromatic carbocycles. The predicted octanol–water partition coefficient (Wildman–Crippen LogP) is 1.34. The van der Waals surface area contributed by atoms with Gasteiger partial charge < -0.3 is 9.80 Å². The standard InChI is InChI=1S/C17H24FN3O2/c1-13(20-7-9-21(10-8-20)14(2)22)17(23)19(3)12-15-5-4-6-16(18)11-15/h4-6,11,13H,7-10,12H2,1-3H3. The molecule has 23 heavy (non-hydrogen) atoms. The number of halogens is 1. The molecule has 0 aromatic heterocycles. The Bertz CT molecular complexity index is 571. The van der Waals surface area contributed by atoms with Crippen molar-refractivity contribution < 1.29 is 14.0 Å². The molecule has 1 heterocycles. The van der Waals surface area contributed by atoms with Gasteiger partial charge in [-0.15, -0.1) is 0 Å². The number of hydrogen-bond acceptors (Lipinski definition) is 3. The van der Waals surface area contributed by atoms with Gasteiger partial charge in [0.1, 0.15) is 5.82 Å². The van der Waals surface area contributed by atoms with Gasteiger partial charge in [-0.1, -0.05) is 12.1 Å². The van der Waals surface area contributed by atoms with Crippen molar-refractivity contribution in [3.05, 3.63) is 35.6 Å². The largest absolute Gasteiger partial charge is 0.340 e. The Morgan fingerprint density at radius 3 is 2.48 bits per heavy atom. The molecule has 0 bridgehead atoms. The third kappa shape index (κ3) is 4.51. The number of hydrogen-bond donors (Lipinski definition) is 0. The van der Waals surface area contributed by atoms with Crippen LogP contribution in [-0.4, -0.2) is 65.8 Å². The molecular formula is C17H24FN3O2. The lowest BCUT2D eigenvalue weighted by Crippen LogP contribution is -2.54. The van der Waals surface area contributed by atoms with Crippen LogP contribution in [0.15, 0.2) is 24.3 Å². The highest BCUT2D eigenvalue weighted by Gasteiger charge is 2.28. The second-order valence-corrected chi connectivity index (χ2v) is 6.04. The summed E-state index contributed by atoms with van der Waals surface area (Å²) in [5.41, 5.74) is 0.773. The fourth-order valence-electron chi connectivity index (χ4n) is 2.89. The van der Waals surface area contributed by atoms with Crippen LogP contribution >= 0.6 is 0 Å². The maximum Gasteiger partial charge on any atom is 0.239 e. The fourth-order valence-corrected chi connectivity index (χ4v) is 2.89. The summed E-state index contributed by atoms with van der Waals surface area (Å²) in [6.45, 7) is 6.53. The molecule has 1 unspecified atom stereocenters. The molecule has 0 aliphatic carbocycles. The summed E-state index contributed by atoms with van der Waals surface area (Å²) < 4.78 is 13.2. The topological polar surface area (TPSA) is 43.9 Å². The van der Waals surface area contributed by atoms with Gasteiger partial charge in [0, 0.05) is 46.7 Å². The highest BCUT2D eigenvalue weighted by atomic mass is 19.1. The summed E-state index contributed by atoms with van der Waals surface area (Å²) in [5.74, 6) is -0.214. The zero-order valence-corrected chi connectivity index (χ0v) is 14.0. The zero-order valence-electron chi connectivity index (χ0n) is 14.0. The molecule has 1 fully saturated rings. The van der Waals surface area contributed by atoms with E-state index in [1.54, 1.807) is 29.8 Å². The molecule has 0 radical (unpaired) electrons. The lowest BCUT2D eigenvalue weighted by molar-refractivity contribution is -0.137. The van der Waals surface area contributed by atoms with Crippen molar-refractivity contribution in [2.75, 3.05) is 33.2 Å². The van der Waals surface area contributed by atoms with Crippen LogP contribution in [0.5, 0.6) is 0 Å². The Hall–Kier alpha value is -1.95. The first-order valence-electron chi connectivity index (χ1n) is 7.87. The second kappa shape index (κ2) is 7.55. The molecule has 2 rings (SSSR count). The second-order valence-electron chi connectivity index (χ2n) is 6.04. The van der Waals surface area contributed by atoms with Gasteiger partial charge in [-0.2, -0.15) is 0 Å². The van der Waals surface area contributed by atoms with E-state index in [2.05, 4.69) is 4.90 Å². The maximum atomic E-state index is 13.2. The van der Waals surface area contributed by atoms with Crippen LogP contribution in [0.4, 0.5) is 4.39 Å². The number of carbonyl (C=O) groups excluding carboxylic acids is 2. The SMILES string of the molecule is CC(=O)N1CCN(C(C)C(=O)N(C)Cc2cccc(F)c2)CC1. The van der Waals surface area contributed by atoms with Gasteiger partial charge in [-0.25, -0.2) is 4.39 Å². The Labute approximate surface area is 136 Å². The smallest absolute Gasteiger partial charge is 0.239 e. The number of nitrogens with zero attached hydrogens (tertiary/aromatic N) is 3. The quantitative estimate of drug-likeness (QED) is 0.840. The minimum Gasteiger partial charge on any atom is -0.340 e. The van der Waals surface area contributed by atoms with Gasteiger partial charge in [-0.3, -0.25) is 14.5 Å². The molecule has 1 atom stereocenters. The summed E-state index contributed by atoms with van der Waals surface area (Å²) in [6.07, 6.45) is 0. The van der Waals surface area contributed by atoms with E-state index < -0.39 is 0 Å². The molecule has 0 saturated carbocycles. The Kier molecular flexibility index (Phi) is 5.71. The normalized spacial score (nSPS) is 17.0. The zero-order chi connectivity index (χ0) is 17.0. The maximum absolute atomic E-state index is 13.2. The van der Waals surface area contributed by atoms with Crippen LogP contribution in [0.2, 0.25) is 0 Å². The first-order chi connectivity index (χ1) is 10.9. The molecule has 2 amide bonds. The number of carbonyl (C=O) groups is 2. The molecule has 1 aliphatic heterocycles. The van der Waals surface area contributed by atoms with E-state index in [0.29, 0.717) is 32.7 Å². The van der Waals surface area contributed by atoms with Crippen LogP contribution < -0.4 is 0 Å². The van der Waals surface area contributed by atoms with Crippen molar-refractivity contribution >= 4 is 11.8 Å². The molecule has 0 N–H and O–H groups in total. The monoisotopic (exact) mass is 321 g/mol. The van der Waals surface area contributed by atoms with E-state index in [1.807, 2.05) is 13.0 Å². The first kappa shape index (κ1) is 17.4. The van der Waals surface area contributed by atoms with E-state index in [1.165, 1.54) is 12.1 Å². The van der Waals surface area contributed by atoms with Gasteiger partial charge in [0.25, 0.3) is 0 Å². The van der Waals surface area contributed by atoms with Crippen molar-refractivity contribution in [1.82, 2.24) is 14.7 Å². The lowest BCUT2D eigenvalue weighted by Gasteiger charge is -2.38. The third-order valence-corrected chi connectivity index (χ3v) is 4.35. The van der Waals surface area contributed by atoms with Crippen molar-refractivity contribution in [1.29, 1.82) is 0 Å². The van der Waals surface area contributed by atoms with Crippen LogP contribution in [-0.2, 0) is 16.1 Å². The van der Waals surface area contributed by atoms with Crippen molar-refractivity contribution in [2.45, 2.75) is 26.4 Å². The van der Waals surface area contributed by atoms with Crippen molar-refractivity contribution in [2.24, 2.45) is 0 Å². The molecule has 5 nitrogen and oxygen atoms in total. The Morgan fingerprint density at radius 2 is 1.91 bits per heavy atom. The highest BCUT2D eigenvalue weighted by molar-refractivity contribution is 5.81. The minimum atomic E-state index is -0.295. The van der Waals surface area contributed by atoms with Gasteiger partial charge in [-0.05, 0) is 24.6 Å². The van der Waals surface area contributed by atoms with Crippen LogP contribution in [0, 0.1) is 5.82 Å². The van der Waals surface area contributed by atoms with Crippen LogP contribution in [0.25, 0.3) is 0 Å². The van der Waals surface area contributed by atoms with Crippen molar-refractivity contribution in [3.8, 4) is 0 Å². The molecule has 1 aliphatic rings. The van der Waals surface area contributed by atoms with Gasteiger partial charge >= 0.3 is 0 Å². The summed E-state index contributed by atoms with van der Waals surface area (Å²) in [6, 6.07) is 6.04. The van der Waals surface area contributed by atoms with Crippen LogP contribution in [0.3, 0.4) is 0 Å². The molecule has 1 saturated heterocycles. The average molecular weight is 321 g/mol. The molecular weight excluding hydrogens is 297 g/mol. The van der Waals surface area contributed by atoms with Gasteiger partial charge in [0.05, 0.1) is 6.04 Å². The van der Waals surface area contributed by atoms with E-state index in [0.717, 1.165) is 5.56 Å². The fraction of sp³-hybridized carbons (Fsp3) is 0.529. The summed E-state index contributed by atoms with van der Waals surface area (Å²) in [4.78, 5) is 29.4. The number of piperazine rings is 1. The van der Waals surface area contributed by atoms with E-state index in [9.17, 15) is 14.0 Å². The van der Waals surface area contributed by atoms with E-state index in [-0.39, 0.29) is 23.7 Å². The first-order valence-corrected chi connectivity index (χ1v) is 7.87. The van der Waals surface area contributed by atoms with E-state index >= 15 is 0 Å². The Balaban J connectivity index is 1.90.